The van der Waals surface area contributed by atoms with E-state index in [4.69, 9.17) is 11.6 Å². The third-order valence-electron chi connectivity index (χ3n) is 2.61. The predicted octanol–water partition coefficient (Wildman–Crippen LogP) is 3.84. The van der Waals surface area contributed by atoms with Gasteiger partial charge in [-0.25, -0.2) is 0 Å². The largest absolute Gasteiger partial charge is 0.573 e. The topological polar surface area (TPSA) is 12.5 Å². The SMILES string of the molecule is FC(F)(F)Oc1ccc(N2CCCC2)cc1Cl. The minimum Gasteiger partial charge on any atom is -0.404 e. The molecule has 0 unspecified atom stereocenters. The molecule has 0 atom stereocenters. The van der Waals surface area contributed by atoms with Gasteiger partial charge in [0.05, 0.1) is 5.02 Å². The van der Waals surface area contributed by atoms with E-state index in [0.29, 0.717) is 0 Å². The molecule has 2 nitrogen and oxygen atoms in total. The summed E-state index contributed by atoms with van der Waals surface area (Å²) in [6, 6.07) is 4.36. The van der Waals surface area contributed by atoms with Gasteiger partial charge in [-0.1, -0.05) is 11.6 Å². The van der Waals surface area contributed by atoms with Crippen LogP contribution >= 0.6 is 11.6 Å². The first kappa shape index (κ1) is 12.4. The van der Waals surface area contributed by atoms with Crippen molar-refractivity contribution in [1.82, 2.24) is 0 Å². The van der Waals surface area contributed by atoms with Crippen molar-refractivity contribution in [2.45, 2.75) is 19.2 Å². The van der Waals surface area contributed by atoms with Crippen LogP contribution in [0.5, 0.6) is 5.75 Å². The smallest absolute Gasteiger partial charge is 0.404 e. The number of alkyl halides is 3. The van der Waals surface area contributed by atoms with Crippen LogP contribution in [0, 0.1) is 0 Å². The first-order valence-corrected chi connectivity index (χ1v) is 5.64. The van der Waals surface area contributed by atoms with E-state index in [1.807, 2.05) is 0 Å². The lowest BCUT2D eigenvalue weighted by atomic mass is 10.3. The summed E-state index contributed by atoms with van der Waals surface area (Å²) in [5.74, 6) is -0.359. The number of hydrogen-bond acceptors (Lipinski definition) is 2. The molecule has 1 aliphatic heterocycles. The average molecular weight is 266 g/mol. The van der Waals surface area contributed by atoms with Gasteiger partial charge in [0.25, 0.3) is 0 Å². The Labute approximate surface area is 102 Å². The van der Waals surface area contributed by atoms with Crippen molar-refractivity contribution in [2.75, 3.05) is 18.0 Å². The van der Waals surface area contributed by atoms with Gasteiger partial charge in [0, 0.05) is 18.8 Å². The molecule has 94 valence electrons. The molecule has 0 N–H and O–H groups in total. The number of benzene rings is 1. The van der Waals surface area contributed by atoms with Crippen molar-refractivity contribution < 1.29 is 17.9 Å². The normalized spacial score (nSPS) is 16.4. The number of hydrogen-bond donors (Lipinski definition) is 0. The highest BCUT2D eigenvalue weighted by Crippen LogP contribution is 2.34. The molecule has 1 aromatic rings. The third kappa shape index (κ3) is 3.19. The van der Waals surface area contributed by atoms with Gasteiger partial charge in [0.15, 0.2) is 0 Å². The zero-order valence-corrected chi connectivity index (χ0v) is 9.68. The lowest BCUT2D eigenvalue weighted by Crippen LogP contribution is -2.19. The van der Waals surface area contributed by atoms with E-state index in [9.17, 15) is 13.2 Å². The monoisotopic (exact) mass is 265 g/mol. The maximum absolute atomic E-state index is 12.0. The van der Waals surface area contributed by atoms with Crippen LogP contribution < -0.4 is 9.64 Å². The van der Waals surface area contributed by atoms with Crippen LogP contribution in [0.2, 0.25) is 5.02 Å². The minimum absolute atomic E-state index is 0.0216. The van der Waals surface area contributed by atoms with Crippen LogP contribution in [-0.4, -0.2) is 19.5 Å². The highest BCUT2D eigenvalue weighted by atomic mass is 35.5. The Morgan fingerprint density at radius 3 is 2.35 bits per heavy atom. The van der Waals surface area contributed by atoms with Crippen molar-refractivity contribution in [1.29, 1.82) is 0 Å². The van der Waals surface area contributed by atoms with Gasteiger partial charge >= 0.3 is 6.36 Å². The second-order valence-electron chi connectivity index (χ2n) is 3.86. The molecule has 1 aliphatic rings. The molecule has 6 heteroatoms. The van der Waals surface area contributed by atoms with Gasteiger partial charge in [0.1, 0.15) is 5.75 Å². The Bertz CT molecular complexity index is 402. The fourth-order valence-electron chi connectivity index (χ4n) is 1.87. The molecule has 0 saturated carbocycles. The van der Waals surface area contributed by atoms with Crippen LogP contribution in [0.4, 0.5) is 18.9 Å². The Hall–Kier alpha value is -1.10. The Balaban J connectivity index is 2.16. The van der Waals surface area contributed by atoms with Crippen molar-refractivity contribution in [3.05, 3.63) is 23.2 Å². The molecular formula is C11H11ClF3NO. The summed E-state index contributed by atoms with van der Waals surface area (Å²) in [6.45, 7) is 1.83. The lowest BCUT2D eigenvalue weighted by Gasteiger charge is -2.19. The van der Waals surface area contributed by atoms with Gasteiger partial charge in [0.2, 0.25) is 0 Å². The standard InChI is InChI=1S/C11H11ClF3NO/c12-9-7-8(16-5-1-2-6-16)3-4-10(9)17-11(13,14)15/h3-4,7H,1-2,5-6H2. The van der Waals surface area contributed by atoms with Gasteiger partial charge in [-0.2, -0.15) is 0 Å². The van der Waals surface area contributed by atoms with E-state index >= 15 is 0 Å². The molecule has 0 aliphatic carbocycles. The van der Waals surface area contributed by atoms with Crippen molar-refractivity contribution in [3.8, 4) is 5.75 Å². The van der Waals surface area contributed by atoms with E-state index in [2.05, 4.69) is 9.64 Å². The van der Waals surface area contributed by atoms with Gasteiger partial charge < -0.3 is 9.64 Å². The summed E-state index contributed by atoms with van der Waals surface area (Å²) >= 11 is 5.76. The molecule has 2 rings (SSSR count). The van der Waals surface area contributed by atoms with Crippen molar-refractivity contribution >= 4 is 17.3 Å². The molecule has 0 bridgehead atoms. The van der Waals surface area contributed by atoms with Crippen molar-refractivity contribution in [2.24, 2.45) is 0 Å². The first-order valence-electron chi connectivity index (χ1n) is 5.26. The molecular weight excluding hydrogens is 255 g/mol. The van der Waals surface area contributed by atoms with Crippen molar-refractivity contribution in [3.63, 3.8) is 0 Å². The second kappa shape index (κ2) is 4.64. The van der Waals surface area contributed by atoms with Crippen LogP contribution in [0.15, 0.2) is 18.2 Å². The molecule has 0 amide bonds. The van der Waals surface area contributed by atoms with Gasteiger partial charge in [-0.3, -0.25) is 0 Å². The Kier molecular flexibility index (Phi) is 3.38. The maximum atomic E-state index is 12.0. The van der Waals surface area contributed by atoms with Gasteiger partial charge in [-0.15, -0.1) is 13.2 Å². The van der Waals surface area contributed by atoms with E-state index in [1.54, 1.807) is 6.07 Å². The van der Waals surface area contributed by atoms with Crippen LogP contribution in [-0.2, 0) is 0 Å². The fraction of sp³-hybridized carbons (Fsp3) is 0.455. The predicted molar refractivity (Wildman–Crippen MR) is 59.6 cm³/mol. The number of anilines is 1. The molecule has 17 heavy (non-hydrogen) atoms. The summed E-state index contributed by atoms with van der Waals surface area (Å²) in [5, 5.41) is -0.0216. The van der Waals surface area contributed by atoms with Crippen LogP contribution in [0.3, 0.4) is 0 Å². The number of nitrogens with zero attached hydrogens (tertiary/aromatic N) is 1. The Morgan fingerprint density at radius 1 is 1.18 bits per heavy atom. The van der Waals surface area contributed by atoms with E-state index in [-0.39, 0.29) is 10.8 Å². The Morgan fingerprint density at radius 2 is 1.82 bits per heavy atom. The zero-order chi connectivity index (χ0) is 12.5. The molecule has 1 heterocycles. The summed E-state index contributed by atoms with van der Waals surface area (Å²) in [5.41, 5.74) is 0.835. The lowest BCUT2D eigenvalue weighted by molar-refractivity contribution is -0.274. The summed E-state index contributed by atoms with van der Waals surface area (Å²) < 4.78 is 39.9. The second-order valence-corrected chi connectivity index (χ2v) is 4.26. The number of rotatable bonds is 2. The van der Waals surface area contributed by atoms with Crippen LogP contribution in [0.1, 0.15) is 12.8 Å². The molecule has 1 aromatic carbocycles. The highest BCUT2D eigenvalue weighted by Gasteiger charge is 2.32. The maximum Gasteiger partial charge on any atom is 0.573 e. The van der Waals surface area contributed by atoms with E-state index < -0.39 is 6.36 Å². The fourth-order valence-corrected chi connectivity index (χ4v) is 2.08. The van der Waals surface area contributed by atoms with Crippen LogP contribution in [0.25, 0.3) is 0 Å². The molecule has 0 spiro atoms. The third-order valence-corrected chi connectivity index (χ3v) is 2.91. The molecule has 0 radical (unpaired) electrons. The number of halogens is 4. The summed E-state index contributed by atoms with van der Waals surface area (Å²) in [4.78, 5) is 2.09. The molecule has 1 saturated heterocycles. The quantitative estimate of drug-likeness (QED) is 0.806. The number of ether oxygens (including phenoxy) is 1. The van der Waals surface area contributed by atoms with E-state index in [1.165, 1.54) is 12.1 Å². The summed E-state index contributed by atoms with van der Waals surface area (Å²) in [7, 11) is 0. The summed E-state index contributed by atoms with van der Waals surface area (Å²) in [6.07, 6.45) is -2.52. The van der Waals surface area contributed by atoms with Gasteiger partial charge in [-0.05, 0) is 31.0 Å². The zero-order valence-electron chi connectivity index (χ0n) is 8.93. The average Bonchev–Trinajstić information content (AvgIpc) is 2.72. The molecule has 1 fully saturated rings. The van der Waals surface area contributed by atoms with E-state index in [0.717, 1.165) is 31.6 Å². The highest BCUT2D eigenvalue weighted by molar-refractivity contribution is 6.32. The first-order chi connectivity index (χ1) is 7.96. The minimum atomic E-state index is -4.71. The molecule has 0 aromatic heterocycles.